The van der Waals surface area contributed by atoms with E-state index >= 15 is 0 Å². The molecule has 0 aliphatic heterocycles. The molecule has 0 saturated carbocycles. The fourth-order valence-electron chi connectivity index (χ4n) is 2.53. The Morgan fingerprint density at radius 2 is 1.83 bits per heavy atom. The van der Waals surface area contributed by atoms with Gasteiger partial charge >= 0.3 is 0 Å². The van der Waals surface area contributed by atoms with Crippen LogP contribution < -0.4 is 10.9 Å². The average molecular weight is 323 g/mol. The van der Waals surface area contributed by atoms with Crippen molar-refractivity contribution in [1.29, 1.82) is 0 Å². The highest BCUT2D eigenvalue weighted by molar-refractivity contribution is 5.83. The maximum Gasteiger partial charge on any atom is 0.275 e. The van der Waals surface area contributed by atoms with Gasteiger partial charge in [-0.1, -0.05) is 18.2 Å². The van der Waals surface area contributed by atoms with Gasteiger partial charge in [0.25, 0.3) is 5.56 Å². The minimum atomic E-state index is -0.351. The zero-order chi connectivity index (χ0) is 17.1. The number of nitrogens with one attached hydrogen (secondary N) is 1. The predicted octanol–water partition coefficient (Wildman–Crippen LogP) is 1.37. The lowest BCUT2D eigenvalue weighted by molar-refractivity contribution is -0.122. The molecule has 1 N–H and O–H groups in total. The lowest BCUT2D eigenvalue weighted by Crippen LogP contribution is -2.35. The smallest absolute Gasteiger partial charge is 0.275 e. The lowest BCUT2D eigenvalue weighted by atomic mass is 10.1. The quantitative estimate of drug-likeness (QED) is 0.783. The van der Waals surface area contributed by atoms with Crippen LogP contribution in [-0.2, 0) is 11.3 Å². The van der Waals surface area contributed by atoms with Gasteiger partial charge in [-0.05, 0) is 26.0 Å². The summed E-state index contributed by atoms with van der Waals surface area (Å²) in [5.41, 5.74) is 0.424. The highest BCUT2D eigenvalue weighted by Gasteiger charge is 2.14. The zero-order valence-electron chi connectivity index (χ0n) is 13.4. The van der Waals surface area contributed by atoms with Gasteiger partial charge in [0.2, 0.25) is 5.91 Å². The Morgan fingerprint density at radius 1 is 1.17 bits per heavy atom. The summed E-state index contributed by atoms with van der Waals surface area (Å²) in [6.45, 7) is 3.45. The highest BCUT2D eigenvalue weighted by Crippen LogP contribution is 2.11. The van der Waals surface area contributed by atoms with Gasteiger partial charge in [0.15, 0.2) is 0 Å². The molecule has 0 bridgehead atoms. The second-order valence-corrected chi connectivity index (χ2v) is 5.49. The van der Waals surface area contributed by atoms with Crippen LogP contribution in [0.5, 0.6) is 0 Å². The first-order valence-electron chi connectivity index (χ1n) is 7.59. The van der Waals surface area contributed by atoms with Crippen LogP contribution >= 0.6 is 0 Å². The maximum absolute atomic E-state index is 12.5. The first-order chi connectivity index (χ1) is 11.6. The van der Waals surface area contributed by atoms with Crippen LogP contribution in [0, 0.1) is 6.92 Å². The molecule has 24 heavy (non-hydrogen) atoms. The summed E-state index contributed by atoms with van der Waals surface area (Å²) in [6.07, 6.45) is 3.23. The van der Waals surface area contributed by atoms with E-state index < -0.39 is 0 Å². The number of rotatable bonds is 4. The fourth-order valence-corrected chi connectivity index (χ4v) is 2.53. The Hall–Kier alpha value is -3.09. The van der Waals surface area contributed by atoms with Gasteiger partial charge in [-0.3, -0.25) is 9.59 Å². The maximum atomic E-state index is 12.5. The number of fused-ring (bicyclic) bond motifs is 1. The molecule has 0 aliphatic rings. The molecule has 1 aromatic carbocycles. The van der Waals surface area contributed by atoms with E-state index in [9.17, 15) is 9.59 Å². The van der Waals surface area contributed by atoms with E-state index in [4.69, 9.17) is 0 Å². The van der Waals surface area contributed by atoms with Gasteiger partial charge in [0.1, 0.15) is 12.4 Å². The summed E-state index contributed by atoms with van der Waals surface area (Å²) in [5.74, 6) is 0.195. The molecule has 2 aromatic heterocycles. The molecule has 7 heteroatoms. The molecule has 0 saturated heterocycles. The third-order valence-electron chi connectivity index (χ3n) is 3.70. The van der Waals surface area contributed by atoms with Gasteiger partial charge in [-0.15, -0.1) is 0 Å². The number of amides is 1. The topological polar surface area (TPSA) is 89.8 Å². The summed E-state index contributed by atoms with van der Waals surface area (Å²) >= 11 is 0. The van der Waals surface area contributed by atoms with E-state index in [0.29, 0.717) is 16.9 Å². The molecule has 1 amide bonds. The number of carbonyl (C=O) groups excluding carboxylic acids is 1. The predicted molar refractivity (Wildman–Crippen MR) is 89.3 cm³/mol. The summed E-state index contributed by atoms with van der Waals surface area (Å²) < 4.78 is 1.19. The first-order valence-corrected chi connectivity index (χ1v) is 7.59. The van der Waals surface area contributed by atoms with Crippen molar-refractivity contribution in [2.75, 3.05) is 0 Å². The number of hydrogen-bond acceptors (Lipinski definition) is 5. The molecule has 0 radical (unpaired) electrons. The van der Waals surface area contributed by atoms with E-state index in [2.05, 4.69) is 20.4 Å². The van der Waals surface area contributed by atoms with Crippen LogP contribution in [-0.4, -0.2) is 25.7 Å². The molecule has 0 spiro atoms. The fraction of sp³-hybridized carbons (Fsp3) is 0.235. The van der Waals surface area contributed by atoms with Crippen LogP contribution in [0.25, 0.3) is 10.8 Å². The summed E-state index contributed by atoms with van der Waals surface area (Å²) in [6, 6.07) is 8.59. The number of aryl methyl sites for hydroxylation is 1. The van der Waals surface area contributed by atoms with Crippen molar-refractivity contribution in [3.05, 3.63) is 64.6 Å². The van der Waals surface area contributed by atoms with E-state index in [-0.39, 0.29) is 24.1 Å². The number of hydrogen-bond donors (Lipinski definition) is 1. The third-order valence-corrected chi connectivity index (χ3v) is 3.70. The second kappa shape index (κ2) is 6.57. The van der Waals surface area contributed by atoms with Gasteiger partial charge in [-0.2, -0.15) is 5.10 Å². The monoisotopic (exact) mass is 323 g/mol. The minimum Gasteiger partial charge on any atom is -0.345 e. The van der Waals surface area contributed by atoms with E-state index in [1.807, 2.05) is 19.1 Å². The Balaban J connectivity index is 1.81. The van der Waals surface area contributed by atoms with Crippen LogP contribution in [0.3, 0.4) is 0 Å². The van der Waals surface area contributed by atoms with Gasteiger partial charge in [0.05, 0.1) is 17.1 Å². The number of benzene rings is 1. The van der Waals surface area contributed by atoms with Crippen LogP contribution in [0.15, 0.2) is 47.5 Å². The molecule has 7 nitrogen and oxygen atoms in total. The Bertz CT molecular complexity index is 937. The highest BCUT2D eigenvalue weighted by atomic mass is 16.2. The molecule has 2 heterocycles. The van der Waals surface area contributed by atoms with Crippen LogP contribution in [0.2, 0.25) is 0 Å². The molecular formula is C17H17N5O2. The van der Waals surface area contributed by atoms with Crippen molar-refractivity contribution >= 4 is 16.7 Å². The molecule has 1 unspecified atom stereocenters. The number of aromatic nitrogens is 4. The average Bonchev–Trinajstić information content (AvgIpc) is 2.60. The van der Waals surface area contributed by atoms with Crippen molar-refractivity contribution in [1.82, 2.24) is 25.1 Å². The van der Waals surface area contributed by atoms with E-state index in [0.717, 1.165) is 5.39 Å². The van der Waals surface area contributed by atoms with Crippen molar-refractivity contribution in [3.8, 4) is 0 Å². The van der Waals surface area contributed by atoms with Crippen molar-refractivity contribution < 1.29 is 4.79 Å². The van der Waals surface area contributed by atoms with E-state index in [1.165, 1.54) is 4.68 Å². The summed E-state index contributed by atoms with van der Waals surface area (Å²) in [4.78, 5) is 32.9. The van der Waals surface area contributed by atoms with Crippen molar-refractivity contribution in [2.24, 2.45) is 0 Å². The first kappa shape index (κ1) is 15.8. The van der Waals surface area contributed by atoms with Crippen molar-refractivity contribution in [3.63, 3.8) is 0 Å². The third kappa shape index (κ3) is 3.15. The number of nitrogens with zero attached hydrogens (tertiary/aromatic N) is 4. The summed E-state index contributed by atoms with van der Waals surface area (Å²) in [5, 5.41) is 8.36. The van der Waals surface area contributed by atoms with Gasteiger partial charge < -0.3 is 5.32 Å². The standard InChI is InChI=1S/C17H17N5O2/c1-11-13-6-3-4-7-14(13)17(24)22(21-11)10-15(23)20-12(2)16-18-8-5-9-19-16/h3-9,12H,10H2,1-2H3,(H,20,23). The Morgan fingerprint density at radius 3 is 2.54 bits per heavy atom. The lowest BCUT2D eigenvalue weighted by Gasteiger charge is -2.13. The molecule has 3 aromatic rings. The van der Waals surface area contributed by atoms with Crippen LogP contribution in [0.1, 0.15) is 24.5 Å². The molecule has 0 fully saturated rings. The Kier molecular flexibility index (Phi) is 4.33. The van der Waals surface area contributed by atoms with E-state index in [1.54, 1.807) is 37.5 Å². The SMILES string of the molecule is Cc1nn(CC(=O)NC(C)c2ncccn2)c(=O)c2ccccc12. The largest absolute Gasteiger partial charge is 0.345 e. The van der Waals surface area contributed by atoms with Crippen LogP contribution in [0.4, 0.5) is 0 Å². The summed E-state index contributed by atoms with van der Waals surface area (Å²) in [7, 11) is 0. The molecule has 3 rings (SSSR count). The minimum absolute atomic E-state index is 0.151. The molecular weight excluding hydrogens is 306 g/mol. The van der Waals surface area contributed by atoms with Gasteiger partial charge in [0, 0.05) is 17.8 Å². The molecule has 1 atom stereocenters. The zero-order valence-corrected chi connectivity index (χ0v) is 13.4. The number of carbonyl (C=O) groups is 1. The molecule has 122 valence electrons. The molecule has 0 aliphatic carbocycles. The normalized spacial score (nSPS) is 12.1. The second-order valence-electron chi connectivity index (χ2n) is 5.49. The Labute approximate surface area is 138 Å². The van der Waals surface area contributed by atoms with Gasteiger partial charge in [-0.25, -0.2) is 14.6 Å². The van der Waals surface area contributed by atoms with Crippen molar-refractivity contribution in [2.45, 2.75) is 26.4 Å².